The summed E-state index contributed by atoms with van der Waals surface area (Å²) in [6.45, 7) is 4.95. The molecule has 0 saturated heterocycles. The Kier molecular flexibility index (Phi) is 4.42. The van der Waals surface area contributed by atoms with Gasteiger partial charge in [-0.25, -0.2) is 0 Å². The second-order valence-corrected chi connectivity index (χ2v) is 5.66. The van der Waals surface area contributed by atoms with Gasteiger partial charge >= 0.3 is 5.97 Å². The topological polar surface area (TPSA) is 75.4 Å². The number of carbonyl (C=O) groups excluding carboxylic acids is 1. The number of hydrogen-bond donors (Lipinski definition) is 1. The fraction of sp³-hybridized carbons (Fsp3) is 0.643. The summed E-state index contributed by atoms with van der Waals surface area (Å²) in [5.41, 5.74) is 1.51. The molecule has 1 aliphatic heterocycles. The molecule has 0 unspecified atom stereocenters. The molecule has 1 N–H and O–H groups in total. The first-order chi connectivity index (χ1) is 9.49. The molecule has 0 spiro atoms. The Hall–Kier alpha value is -1.85. The van der Waals surface area contributed by atoms with Crippen LogP contribution in [0.4, 0.5) is 0 Å². The van der Waals surface area contributed by atoms with E-state index in [2.05, 4.69) is 5.10 Å². The lowest BCUT2D eigenvalue weighted by Crippen LogP contribution is -2.38. The van der Waals surface area contributed by atoms with Crippen LogP contribution in [0.2, 0.25) is 0 Å². The monoisotopic (exact) mass is 279 g/mol. The van der Waals surface area contributed by atoms with Crippen LogP contribution in [-0.2, 0) is 17.8 Å². The lowest BCUT2D eigenvalue weighted by Gasteiger charge is -2.23. The van der Waals surface area contributed by atoms with Crippen molar-refractivity contribution in [2.75, 3.05) is 13.1 Å². The molecule has 0 saturated carbocycles. The maximum Gasteiger partial charge on any atom is 0.323 e. The van der Waals surface area contributed by atoms with Crippen LogP contribution in [0, 0.1) is 5.92 Å². The summed E-state index contributed by atoms with van der Waals surface area (Å²) in [7, 11) is 0. The van der Waals surface area contributed by atoms with Gasteiger partial charge in [-0.2, -0.15) is 5.10 Å². The second kappa shape index (κ2) is 6.07. The van der Waals surface area contributed by atoms with E-state index in [-0.39, 0.29) is 18.4 Å². The van der Waals surface area contributed by atoms with E-state index in [4.69, 9.17) is 5.11 Å². The molecule has 1 aliphatic rings. The van der Waals surface area contributed by atoms with Crippen LogP contribution in [0.15, 0.2) is 6.20 Å². The van der Waals surface area contributed by atoms with Gasteiger partial charge in [-0.1, -0.05) is 13.8 Å². The molecule has 1 amide bonds. The van der Waals surface area contributed by atoms with Gasteiger partial charge in [-0.05, 0) is 25.2 Å². The Balaban J connectivity index is 2.22. The smallest absolute Gasteiger partial charge is 0.323 e. The first-order valence-electron chi connectivity index (χ1n) is 7.04. The average Bonchev–Trinajstić information content (AvgIpc) is 2.79. The van der Waals surface area contributed by atoms with Crippen molar-refractivity contribution >= 4 is 11.9 Å². The summed E-state index contributed by atoms with van der Waals surface area (Å²) >= 11 is 0. The second-order valence-electron chi connectivity index (χ2n) is 5.66. The highest BCUT2D eigenvalue weighted by atomic mass is 16.4. The maximum absolute atomic E-state index is 12.6. The van der Waals surface area contributed by atoms with Crippen molar-refractivity contribution in [1.29, 1.82) is 0 Å². The Morgan fingerprint density at radius 2 is 2.20 bits per heavy atom. The van der Waals surface area contributed by atoms with Crippen molar-refractivity contribution < 1.29 is 14.7 Å². The van der Waals surface area contributed by atoms with Gasteiger partial charge in [0.15, 0.2) is 0 Å². The summed E-state index contributed by atoms with van der Waals surface area (Å²) in [6.07, 6.45) is 4.55. The van der Waals surface area contributed by atoms with E-state index in [1.54, 1.807) is 6.20 Å². The number of amides is 1. The van der Waals surface area contributed by atoms with Crippen LogP contribution < -0.4 is 0 Å². The minimum atomic E-state index is -0.986. The molecule has 20 heavy (non-hydrogen) atoms. The highest BCUT2D eigenvalue weighted by Crippen LogP contribution is 2.20. The quantitative estimate of drug-likeness (QED) is 0.884. The molecule has 6 heteroatoms. The zero-order chi connectivity index (χ0) is 14.7. The SMILES string of the molecule is CC(C)CN(CC(=O)O)C(=O)c1cnn2c1CCCC2. The van der Waals surface area contributed by atoms with Crippen molar-refractivity contribution in [3.8, 4) is 0 Å². The molecule has 1 aromatic heterocycles. The molecule has 0 aromatic carbocycles. The van der Waals surface area contributed by atoms with Crippen LogP contribution in [0.1, 0.15) is 42.7 Å². The minimum Gasteiger partial charge on any atom is -0.480 e. The molecule has 0 aliphatic carbocycles. The highest BCUT2D eigenvalue weighted by Gasteiger charge is 2.25. The number of aromatic nitrogens is 2. The van der Waals surface area contributed by atoms with E-state index in [0.29, 0.717) is 12.1 Å². The Labute approximate surface area is 118 Å². The average molecular weight is 279 g/mol. The van der Waals surface area contributed by atoms with Gasteiger partial charge in [0, 0.05) is 13.1 Å². The zero-order valence-electron chi connectivity index (χ0n) is 12.0. The molecule has 110 valence electrons. The third-order valence-corrected chi connectivity index (χ3v) is 3.41. The number of aryl methyl sites for hydroxylation is 1. The number of rotatable bonds is 5. The van der Waals surface area contributed by atoms with Crippen molar-refractivity contribution in [3.05, 3.63) is 17.5 Å². The predicted octanol–water partition coefficient (Wildman–Crippen LogP) is 1.40. The Morgan fingerprint density at radius 1 is 1.45 bits per heavy atom. The fourth-order valence-electron chi connectivity index (χ4n) is 2.59. The Bertz CT molecular complexity index is 508. The van der Waals surface area contributed by atoms with Gasteiger partial charge < -0.3 is 10.0 Å². The summed E-state index contributed by atoms with van der Waals surface area (Å²) in [5, 5.41) is 13.2. The van der Waals surface area contributed by atoms with Crippen LogP contribution in [0.5, 0.6) is 0 Å². The molecule has 6 nitrogen and oxygen atoms in total. The maximum atomic E-state index is 12.6. The number of carboxylic acid groups (broad SMARTS) is 1. The van der Waals surface area contributed by atoms with Crippen LogP contribution >= 0.6 is 0 Å². The van der Waals surface area contributed by atoms with Gasteiger partial charge in [0.25, 0.3) is 5.91 Å². The lowest BCUT2D eigenvalue weighted by molar-refractivity contribution is -0.137. The molecule has 0 bridgehead atoms. The highest BCUT2D eigenvalue weighted by molar-refractivity contribution is 5.96. The molecular formula is C14H21N3O3. The molecule has 0 radical (unpaired) electrons. The lowest BCUT2D eigenvalue weighted by atomic mass is 10.1. The summed E-state index contributed by atoms with van der Waals surface area (Å²) in [5.74, 6) is -0.978. The van der Waals surface area contributed by atoms with Crippen LogP contribution in [-0.4, -0.2) is 44.8 Å². The van der Waals surface area contributed by atoms with E-state index < -0.39 is 5.97 Å². The Morgan fingerprint density at radius 3 is 2.85 bits per heavy atom. The predicted molar refractivity (Wildman–Crippen MR) is 73.5 cm³/mol. The van der Waals surface area contributed by atoms with Crippen molar-refractivity contribution in [3.63, 3.8) is 0 Å². The summed E-state index contributed by atoms with van der Waals surface area (Å²) < 4.78 is 1.87. The molecule has 1 aromatic rings. The molecule has 2 rings (SSSR count). The van der Waals surface area contributed by atoms with E-state index in [1.807, 2.05) is 18.5 Å². The standard InChI is InChI=1S/C14H21N3O3/c1-10(2)8-16(9-13(18)19)14(20)11-7-15-17-6-4-3-5-12(11)17/h7,10H,3-6,8-9H2,1-2H3,(H,18,19). The molecule has 0 atom stereocenters. The molecular weight excluding hydrogens is 258 g/mol. The first kappa shape index (κ1) is 14.6. The number of aliphatic carboxylic acids is 1. The van der Waals surface area contributed by atoms with E-state index in [0.717, 1.165) is 31.5 Å². The fourth-order valence-corrected chi connectivity index (χ4v) is 2.59. The van der Waals surface area contributed by atoms with Gasteiger partial charge in [0.05, 0.1) is 17.5 Å². The van der Waals surface area contributed by atoms with Crippen LogP contribution in [0.3, 0.4) is 0 Å². The van der Waals surface area contributed by atoms with Crippen LogP contribution in [0.25, 0.3) is 0 Å². The number of carbonyl (C=O) groups is 2. The van der Waals surface area contributed by atoms with Gasteiger partial charge in [0.2, 0.25) is 0 Å². The van der Waals surface area contributed by atoms with Crippen molar-refractivity contribution in [2.45, 2.75) is 39.7 Å². The van der Waals surface area contributed by atoms with Crippen molar-refractivity contribution in [1.82, 2.24) is 14.7 Å². The first-order valence-corrected chi connectivity index (χ1v) is 7.04. The number of carboxylic acids is 1. The van der Waals surface area contributed by atoms with Crippen molar-refractivity contribution in [2.24, 2.45) is 5.92 Å². The van der Waals surface area contributed by atoms with E-state index >= 15 is 0 Å². The van der Waals surface area contributed by atoms with E-state index in [9.17, 15) is 9.59 Å². The minimum absolute atomic E-state index is 0.218. The molecule has 2 heterocycles. The zero-order valence-corrected chi connectivity index (χ0v) is 12.0. The molecule has 0 fully saturated rings. The van der Waals surface area contributed by atoms with Gasteiger partial charge in [0.1, 0.15) is 6.54 Å². The largest absolute Gasteiger partial charge is 0.480 e. The normalized spacial score (nSPS) is 14.2. The van der Waals surface area contributed by atoms with Gasteiger partial charge in [-0.3, -0.25) is 14.3 Å². The third kappa shape index (κ3) is 3.18. The van der Waals surface area contributed by atoms with Gasteiger partial charge in [-0.15, -0.1) is 0 Å². The number of fused-ring (bicyclic) bond motifs is 1. The van der Waals surface area contributed by atoms with E-state index in [1.165, 1.54) is 4.90 Å². The number of nitrogens with zero attached hydrogens (tertiary/aromatic N) is 3. The summed E-state index contributed by atoms with van der Waals surface area (Å²) in [4.78, 5) is 24.9. The number of hydrogen-bond acceptors (Lipinski definition) is 3. The summed E-state index contributed by atoms with van der Waals surface area (Å²) in [6, 6.07) is 0. The third-order valence-electron chi connectivity index (χ3n) is 3.41.